The Kier molecular flexibility index (Phi) is 8.06. The molecule has 25 heavy (non-hydrogen) atoms. The van der Waals surface area contributed by atoms with Gasteiger partial charge in [0.15, 0.2) is 0 Å². The Hall–Kier alpha value is -2.95. The summed E-state index contributed by atoms with van der Waals surface area (Å²) in [4.78, 5) is 34.9. The van der Waals surface area contributed by atoms with Gasteiger partial charge in [-0.15, -0.1) is 0 Å². The molecule has 2 atom stereocenters. The number of unbranched alkanes of at least 4 members (excludes halogenated alkanes) is 1. The smallest absolute Gasteiger partial charge is 0.326 e. The minimum Gasteiger partial charge on any atom is -0.480 e. The molecule has 3 N–H and O–H groups in total. The number of carboxylic acids is 1. The fraction of sp³-hybridized carbons (Fsp3) is 0.412. The highest BCUT2D eigenvalue weighted by Crippen LogP contribution is 2.08. The second-order valence-electron chi connectivity index (χ2n) is 5.54. The number of carbonyl (C=O) groups is 3. The second-order valence-corrected chi connectivity index (χ2v) is 5.54. The number of hydrogen-bond acceptors (Lipinski definition) is 4. The summed E-state index contributed by atoms with van der Waals surface area (Å²) >= 11 is 0. The Morgan fingerprint density at radius 1 is 1.28 bits per heavy atom. The maximum atomic E-state index is 13.3. The number of rotatable bonds is 9. The fourth-order valence-electron chi connectivity index (χ4n) is 2.27. The van der Waals surface area contributed by atoms with Crippen molar-refractivity contribution in [3.05, 3.63) is 35.6 Å². The molecule has 1 rings (SSSR count). The van der Waals surface area contributed by atoms with Gasteiger partial charge >= 0.3 is 5.97 Å². The highest BCUT2D eigenvalue weighted by molar-refractivity contribution is 5.90. The number of nitrogens with one attached hydrogen (secondary N) is 2. The van der Waals surface area contributed by atoms with Crippen molar-refractivity contribution in [3.63, 3.8) is 0 Å². The van der Waals surface area contributed by atoms with Gasteiger partial charge in [0, 0.05) is 19.8 Å². The summed E-state index contributed by atoms with van der Waals surface area (Å²) in [6.07, 6.45) is 0.621. The van der Waals surface area contributed by atoms with Crippen LogP contribution >= 0.6 is 0 Å². The van der Waals surface area contributed by atoms with E-state index >= 15 is 0 Å². The van der Waals surface area contributed by atoms with Crippen LogP contribution in [0.3, 0.4) is 0 Å². The first kappa shape index (κ1) is 20.1. The lowest BCUT2D eigenvalue weighted by molar-refractivity contribution is -0.142. The number of nitriles is 1. The summed E-state index contributed by atoms with van der Waals surface area (Å²) in [6.45, 7) is 1.23. The third kappa shape index (κ3) is 7.44. The lowest BCUT2D eigenvalue weighted by atomic mass is 10.0. The van der Waals surface area contributed by atoms with Gasteiger partial charge in [0.05, 0.1) is 6.07 Å². The zero-order chi connectivity index (χ0) is 18.8. The van der Waals surface area contributed by atoms with Gasteiger partial charge in [-0.1, -0.05) is 12.1 Å². The molecule has 2 amide bonds. The molecule has 0 saturated carbocycles. The summed E-state index contributed by atoms with van der Waals surface area (Å²) in [6, 6.07) is 5.29. The van der Waals surface area contributed by atoms with Crippen molar-refractivity contribution < 1.29 is 23.9 Å². The minimum absolute atomic E-state index is 0.0215. The Bertz CT molecular complexity index is 672. The first-order chi connectivity index (χ1) is 11.8. The molecule has 0 aliphatic carbocycles. The third-order valence-electron chi connectivity index (χ3n) is 3.42. The lowest BCUT2D eigenvalue weighted by Crippen LogP contribution is -2.52. The van der Waals surface area contributed by atoms with Crippen LogP contribution in [0.2, 0.25) is 0 Å². The molecule has 1 aromatic carbocycles. The second kappa shape index (κ2) is 10.0. The highest BCUT2D eigenvalue weighted by atomic mass is 19.1. The predicted octanol–water partition coefficient (Wildman–Crippen LogP) is 1.14. The minimum atomic E-state index is -1.22. The van der Waals surface area contributed by atoms with Crippen LogP contribution in [0.1, 0.15) is 31.7 Å². The number of hydrogen-bond donors (Lipinski definition) is 3. The summed E-state index contributed by atoms with van der Waals surface area (Å²) in [7, 11) is 0. The standard InChI is InChI=1S/C17H20FN3O4/c1-11(22)20-15(10-12-5-4-6-13(18)9-12)16(23)21-14(17(24)25)7-2-3-8-19/h4-6,9,14-15H,2-3,7,10H2,1H3,(H,20,22)(H,21,23)(H,24,25)/t14-,15-/m0/s1. The summed E-state index contributed by atoms with van der Waals surface area (Å²) in [5.74, 6) is -2.84. The molecular weight excluding hydrogens is 329 g/mol. The van der Waals surface area contributed by atoms with E-state index < -0.39 is 35.7 Å². The molecule has 0 aromatic heterocycles. The van der Waals surface area contributed by atoms with Crippen molar-refractivity contribution in [1.82, 2.24) is 10.6 Å². The van der Waals surface area contributed by atoms with Crippen LogP contribution in [0.25, 0.3) is 0 Å². The molecule has 0 bridgehead atoms. The SMILES string of the molecule is CC(=O)N[C@@H](Cc1cccc(F)c1)C(=O)N[C@@H](CCCC#N)C(=O)O. The molecular formula is C17H20FN3O4. The van der Waals surface area contributed by atoms with Gasteiger partial charge in [-0.2, -0.15) is 5.26 Å². The van der Waals surface area contributed by atoms with Crippen LogP contribution < -0.4 is 10.6 Å². The van der Waals surface area contributed by atoms with Crippen LogP contribution in [0, 0.1) is 17.1 Å². The molecule has 0 heterocycles. The van der Waals surface area contributed by atoms with Gasteiger partial charge in [0.2, 0.25) is 11.8 Å². The van der Waals surface area contributed by atoms with Gasteiger partial charge < -0.3 is 15.7 Å². The maximum absolute atomic E-state index is 13.3. The lowest BCUT2D eigenvalue weighted by Gasteiger charge is -2.21. The Morgan fingerprint density at radius 2 is 2.00 bits per heavy atom. The van der Waals surface area contributed by atoms with Crippen LogP contribution in [0.4, 0.5) is 4.39 Å². The van der Waals surface area contributed by atoms with E-state index in [9.17, 15) is 23.9 Å². The molecule has 8 heteroatoms. The van der Waals surface area contributed by atoms with E-state index in [1.165, 1.54) is 25.1 Å². The largest absolute Gasteiger partial charge is 0.480 e. The van der Waals surface area contributed by atoms with E-state index in [0.717, 1.165) is 0 Å². The van der Waals surface area contributed by atoms with Crippen molar-refractivity contribution in [2.75, 3.05) is 0 Å². The molecule has 1 aromatic rings. The quantitative estimate of drug-likeness (QED) is 0.578. The van der Waals surface area contributed by atoms with E-state index in [2.05, 4.69) is 10.6 Å². The van der Waals surface area contributed by atoms with Gasteiger partial charge in [0.25, 0.3) is 0 Å². The van der Waals surface area contributed by atoms with Crippen molar-refractivity contribution in [2.24, 2.45) is 0 Å². The molecule has 0 aliphatic heterocycles. The number of carboxylic acid groups (broad SMARTS) is 1. The Morgan fingerprint density at radius 3 is 2.56 bits per heavy atom. The van der Waals surface area contributed by atoms with Crippen LogP contribution in [-0.2, 0) is 20.8 Å². The zero-order valence-corrected chi connectivity index (χ0v) is 13.8. The fourth-order valence-corrected chi connectivity index (χ4v) is 2.27. The topological polar surface area (TPSA) is 119 Å². The van der Waals surface area contributed by atoms with Gasteiger partial charge in [-0.05, 0) is 30.5 Å². The van der Waals surface area contributed by atoms with E-state index in [1.54, 1.807) is 6.07 Å². The van der Waals surface area contributed by atoms with Gasteiger partial charge in [0.1, 0.15) is 17.9 Å². The first-order valence-electron chi connectivity index (χ1n) is 7.75. The van der Waals surface area contributed by atoms with Crippen LogP contribution in [0.5, 0.6) is 0 Å². The molecule has 0 unspecified atom stereocenters. The molecule has 0 fully saturated rings. The van der Waals surface area contributed by atoms with Crippen LogP contribution in [-0.4, -0.2) is 35.0 Å². The Balaban J connectivity index is 2.82. The summed E-state index contributed by atoms with van der Waals surface area (Å²) < 4.78 is 13.3. The monoisotopic (exact) mass is 349 g/mol. The molecule has 0 saturated heterocycles. The zero-order valence-electron chi connectivity index (χ0n) is 13.8. The average Bonchev–Trinajstić information content (AvgIpc) is 2.52. The van der Waals surface area contributed by atoms with Crippen molar-refractivity contribution in [2.45, 2.75) is 44.7 Å². The van der Waals surface area contributed by atoms with Crippen molar-refractivity contribution in [1.29, 1.82) is 5.26 Å². The average molecular weight is 349 g/mol. The van der Waals surface area contributed by atoms with Gasteiger partial charge in [-0.3, -0.25) is 9.59 Å². The maximum Gasteiger partial charge on any atom is 0.326 e. The number of halogens is 1. The van der Waals surface area contributed by atoms with E-state index in [-0.39, 0.29) is 19.3 Å². The molecule has 134 valence electrons. The van der Waals surface area contributed by atoms with Crippen LogP contribution in [0.15, 0.2) is 24.3 Å². The molecule has 0 aliphatic rings. The Labute approximate surface area is 144 Å². The number of nitrogens with zero attached hydrogens (tertiary/aromatic N) is 1. The van der Waals surface area contributed by atoms with E-state index in [0.29, 0.717) is 12.0 Å². The molecule has 7 nitrogen and oxygen atoms in total. The van der Waals surface area contributed by atoms with E-state index in [1.807, 2.05) is 6.07 Å². The van der Waals surface area contributed by atoms with E-state index in [4.69, 9.17) is 5.26 Å². The number of amides is 2. The number of carbonyl (C=O) groups excluding carboxylic acids is 2. The van der Waals surface area contributed by atoms with Gasteiger partial charge in [-0.25, -0.2) is 9.18 Å². The molecule has 0 spiro atoms. The van der Waals surface area contributed by atoms with Crippen molar-refractivity contribution >= 4 is 17.8 Å². The highest BCUT2D eigenvalue weighted by Gasteiger charge is 2.26. The summed E-state index contributed by atoms with van der Waals surface area (Å²) in [5.41, 5.74) is 0.491. The normalized spacial score (nSPS) is 12.5. The number of aliphatic carboxylic acids is 1. The summed E-state index contributed by atoms with van der Waals surface area (Å²) in [5, 5.41) is 22.5. The van der Waals surface area contributed by atoms with Crippen molar-refractivity contribution in [3.8, 4) is 6.07 Å². The predicted molar refractivity (Wildman–Crippen MR) is 86.7 cm³/mol. The molecule has 0 radical (unpaired) electrons. The number of benzene rings is 1. The first-order valence-corrected chi connectivity index (χ1v) is 7.75. The third-order valence-corrected chi connectivity index (χ3v) is 3.42.